The van der Waals surface area contributed by atoms with Crippen molar-refractivity contribution in [3.8, 4) is 28.4 Å². The summed E-state index contributed by atoms with van der Waals surface area (Å²) >= 11 is 13.7. The van der Waals surface area contributed by atoms with Gasteiger partial charge < -0.3 is 34.3 Å². The Balaban J connectivity index is 1.29. The Labute approximate surface area is 323 Å². The molecule has 0 aliphatic rings. The quantitative estimate of drug-likeness (QED) is 0.0519. The summed E-state index contributed by atoms with van der Waals surface area (Å²) in [6.07, 6.45) is 0.734. The smallest absolute Gasteiger partial charge is 0.325 e. The molecule has 5 rings (SSSR count). The van der Waals surface area contributed by atoms with Gasteiger partial charge in [-0.1, -0.05) is 59.6 Å². The van der Waals surface area contributed by atoms with E-state index in [9.17, 15) is 20.1 Å². The number of carbonyl (C=O) groups is 1. The van der Waals surface area contributed by atoms with Crippen molar-refractivity contribution in [2.45, 2.75) is 39.1 Å². The number of carbonyl (C=O) groups excluding carboxylic acids is 1. The normalized spacial score (nSPS) is 11.9. The third kappa shape index (κ3) is 11.3. The van der Waals surface area contributed by atoms with E-state index in [0.29, 0.717) is 70.1 Å². The molecular weight excluding hydrogens is 739 g/mol. The fourth-order valence-corrected chi connectivity index (χ4v) is 6.19. The third-order valence-corrected chi connectivity index (χ3v) is 9.19. The summed E-state index contributed by atoms with van der Waals surface area (Å²) < 4.78 is 28.4. The fraction of sp³-hybridized carbons (Fsp3) is 0.359. The minimum atomic E-state index is -0.943. The van der Waals surface area contributed by atoms with E-state index >= 15 is 0 Å². The van der Waals surface area contributed by atoms with Gasteiger partial charge in [-0.15, -0.1) is 0 Å². The van der Waals surface area contributed by atoms with Crippen LogP contribution in [0.2, 0.25) is 10.0 Å². The van der Waals surface area contributed by atoms with Crippen molar-refractivity contribution in [2.24, 2.45) is 0 Å². The number of halogens is 2. The Morgan fingerprint density at radius 2 is 1.63 bits per heavy atom. The molecule has 4 aromatic carbocycles. The molecule has 0 aliphatic carbocycles. The van der Waals surface area contributed by atoms with Crippen molar-refractivity contribution in [3.63, 3.8) is 0 Å². The number of rotatable bonds is 22. The molecule has 0 bridgehead atoms. The molecule has 0 aliphatic heterocycles. The van der Waals surface area contributed by atoms with Gasteiger partial charge >= 0.3 is 5.97 Å². The van der Waals surface area contributed by atoms with E-state index in [2.05, 4.69) is 15.6 Å². The Morgan fingerprint density at radius 3 is 2.41 bits per heavy atom. The molecule has 1 heterocycles. The van der Waals surface area contributed by atoms with E-state index in [4.69, 9.17) is 46.8 Å². The van der Waals surface area contributed by atoms with E-state index in [1.807, 2.05) is 59.5 Å². The van der Waals surface area contributed by atoms with E-state index in [0.717, 1.165) is 28.7 Å². The van der Waals surface area contributed by atoms with Crippen LogP contribution in [0.1, 0.15) is 30.0 Å². The second-order valence-electron chi connectivity index (χ2n) is 12.2. The van der Waals surface area contributed by atoms with Crippen molar-refractivity contribution in [1.29, 1.82) is 0 Å². The molecule has 0 saturated carbocycles. The van der Waals surface area contributed by atoms with Crippen LogP contribution < -0.4 is 19.5 Å². The highest BCUT2D eigenvalue weighted by Crippen LogP contribution is 2.36. The summed E-state index contributed by atoms with van der Waals surface area (Å²) in [5.41, 5.74) is 5.05. The molecule has 0 spiro atoms. The van der Waals surface area contributed by atoms with Crippen LogP contribution in [-0.4, -0.2) is 95.2 Å². The molecule has 0 radical (unpaired) electrons. The van der Waals surface area contributed by atoms with Crippen molar-refractivity contribution in [3.05, 3.63) is 99.5 Å². The summed E-state index contributed by atoms with van der Waals surface area (Å²) in [7, 11) is 0. The maximum Gasteiger partial charge on any atom is 0.325 e. The molecule has 15 heteroatoms. The van der Waals surface area contributed by atoms with Crippen LogP contribution in [-0.2, 0) is 29.3 Å². The van der Waals surface area contributed by atoms with Crippen LogP contribution in [0.4, 0.5) is 0 Å². The lowest BCUT2D eigenvalue weighted by atomic mass is 10.0. The summed E-state index contributed by atoms with van der Waals surface area (Å²) in [6, 6.07) is 21.2. The molecule has 0 saturated heterocycles. The number of benzene rings is 4. The zero-order valence-corrected chi connectivity index (χ0v) is 31.4. The van der Waals surface area contributed by atoms with Crippen molar-refractivity contribution in [2.75, 3.05) is 52.7 Å². The molecule has 4 N–H and O–H groups in total. The first kappa shape index (κ1) is 40.7. The second-order valence-corrected chi connectivity index (χ2v) is 13.0. The summed E-state index contributed by atoms with van der Waals surface area (Å²) in [4.78, 5) is 14.3. The van der Waals surface area contributed by atoms with Gasteiger partial charge in [0.2, 0.25) is 0 Å². The largest absolute Gasteiger partial charge is 0.494 e. The van der Waals surface area contributed by atoms with Gasteiger partial charge in [-0.05, 0) is 65.1 Å². The van der Waals surface area contributed by atoms with Crippen LogP contribution in [0.15, 0.2) is 77.4 Å². The summed E-state index contributed by atoms with van der Waals surface area (Å²) in [6.45, 7) is 4.07. The molecule has 54 heavy (non-hydrogen) atoms. The molecule has 288 valence electrons. The van der Waals surface area contributed by atoms with Crippen molar-refractivity contribution < 1.29 is 43.7 Å². The number of nitrogens with one attached hydrogen (secondary N) is 1. The van der Waals surface area contributed by atoms with E-state index in [-0.39, 0.29) is 39.6 Å². The van der Waals surface area contributed by atoms with Crippen LogP contribution in [0, 0.1) is 0 Å². The first-order valence-electron chi connectivity index (χ1n) is 17.6. The Morgan fingerprint density at radius 1 is 0.852 bits per heavy atom. The van der Waals surface area contributed by atoms with Crippen LogP contribution in [0.5, 0.6) is 17.2 Å². The minimum Gasteiger partial charge on any atom is -0.494 e. The van der Waals surface area contributed by atoms with Crippen molar-refractivity contribution in [1.82, 2.24) is 20.5 Å². The monoisotopic (exact) mass is 782 g/mol. The number of esters is 1. The maximum atomic E-state index is 12.3. The number of ether oxygens (including phenoxy) is 4. The fourth-order valence-electron chi connectivity index (χ4n) is 5.66. The Kier molecular flexibility index (Phi) is 15.7. The predicted molar refractivity (Wildman–Crippen MR) is 204 cm³/mol. The van der Waals surface area contributed by atoms with Gasteiger partial charge in [0.1, 0.15) is 47.5 Å². The first-order valence-corrected chi connectivity index (χ1v) is 18.3. The van der Waals surface area contributed by atoms with E-state index < -0.39 is 18.6 Å². The number of fused-ring (bicyclic) bond motifs is 1. The number of hydrogen-bond acceptors (Lipinski definition) is 13. The molecule has 1 atom stereocenters. The van der Waals surface area contributed by atoms with Crippen LogP contribution in [0.25, 0.3) is 22.2 Å². The van der Waals surface area contributed by atoms with Gasteiger partial charge in [0.15, 0.2) is 0 Å². The highest BCUT2D eigenvalue weighted by molar-refractivity contribution is 6.34. The van der Waals surface area contributed by atoms with Crippen LogP contribution >= 0.6 is 23.2 Å². The average molecular weight is 784 g/mol. The second kappa shape index (κ2) is 20.8. The Bertz CT molecular complexity index is 1960. The summed E-state index contributed by atoms with van der Waals surface area (Å²) in [5, 5.41) is 39.8. The van der Waals surface area contributed by atoms with Gasteiger partial charge in [0.25, 0.3) is 0 Å². The molecule has 0 unspecified atom stereocenters. The first-order chi connectivity index (χ1) is 26.3. The maximum absolute atomic E-state index is 12.3. The summed E-state index contributed by atoms with van der Waals surface area (Å²) in [5.74, 6) is 0.911. The number of nitrogens with zero attached hydrogens (tertiary/aromatic N) is 3. The van der Waals surface area contributed by atoms with Gasteiger partial charge in [0, 0.05) is 48.9 Å². The highest BCUT2D eigenvalue weighted by Gasteiger charge is 2.20. The molecular formula is C39H44Cl2N4O9. The highest BCUT2D eigenvalue weighted by atomic mass is 35.5. The van der Waals surface area contributed by atoms with Gasteiger partial charge in [-0.2, -0.15) is 0 Å². The molecule has 1 aromatic heterocycles. The van der Waals surface area contributed by atoms with Crippen molar-refractivity contribution >= 4 is 40.2 Å². The lowest BCUT2D eigenvalue weighted by Crippen LogP contribution is -2.40. The number of aliphatic hydroxyl groups is 3. The number of hydrogen-bond donors (Lipinski definition) is 4. The Hall–Kier alpha value is -4.47. The predicted octanol–water partition coefficient (Wildman–Crippen LogP) is 5.42. The lowest BCUT2D eigenvalue weighted by molar-refractivity contribution is -0.146. The van der Waals surface area contributed by atoms with E-state index in [1.165, 1.54) is 0 Å². The molecule has 5 aromatic rings. The van der Waals surface area contributed by atoms with Crippen LogP contribution in [0.3, 0.4) is 0 Å². The zero-order valence-electron chi connectivity index (χ0n) is 29.9. The standard InChI is InChI=1S/C39H44Cl2N4O9/c1-2-50-39(49)35(23-48)42-22-29-20-32(40)37(21-36(29)52-24-26-10-11-33-34(18-26)44-54-43-33)53-25-28-7-4-9-31(38(28)41)27-6-3-8-30(19-27)51-17-5-12-45(13-15-46)14-16-47/h3-4,6-11,18-21,35,42,46-48H,2,5,12-17,22-25H2,1H3/t35-/m1/s1. The average Bonchev–Trinajstić information content (AvgIpc) is 3.65. The minimum absolute atomic E-state index is 0.0360. The number of aromatic nitrogens is 2. The van der Waals surface area contributed by atoms with Gasteiger partial charge in [-0.3, -0.25) is 15.0 Å². The van der Waals surface area contributed by atoms with E-state index in [1.54, 1.807) is 25.1 Å². The van der Waals surface area contributed by atoms with Gasteiger partial charge in [-0.25, -0.2) is 4.63 Å². The van der Waals surface area contributed by atoms with Gasteiger partial charge in [0.05, 0.1) is 43.1 Å². The lowest BCUT2D eigenvalue weighted by Gasteiger charge is -2.20. The zero-order chi connectivity index (χ0) is 38.3. The molecule has 0 amide bonds. The number of aliphatic hydroxyl groups excluding tert-OH is 3. The SMILES string of the molecule is CCOC(=O)[C@@H](CO)NCc1cc(Cl)c(OCc2cccc(-c3cccc(OCCCN(CCO)CCO)c3)c2Cl)cc1OCc1ccc2nonc2c1. The molecule has 13 nitrogen and oxygen atoms in total. The molecule has 0 fully saturated rings. The topological polar surface area (TPSA) is 169 Å². The third-order valence-electron chi connectivity index (χ3n) is 8.45.